The van der Waals surface area contributed by atoms with E-state index in [1.165, 1.54) is 30.3 Å². The van der Waals surface area contributed by atoms with E-state index >= 15 is 0 Å². The summed E-state index contributed by atoms with van der Waals surface area (Å²) in [5.74, 6) is -0.170. The molecule has 0 atom stereocenters. The molecule has 12 nitrogen and oxygen atoms in total. The second kappa shape index (κ2) is 14.6. The van der Waals surface area contributed by atoms with Gasteiger partial charge in [0, 0.05) is 34.8 Å². The number of ether oxygens (including phenoxy) is 3. The Balaban J connectivity index is 1.19. The third-order valence-corrected chi connectivity index (χ3v) is 6.95. The van der Waals surface area contributed by atoms with Crippen LogP contribution >= 0.6 is 0 Å². The number of nitrogens with zero attached hydrogens (tertiary/aromatic N) is 3. The second-order valence-electron chi connectivity index (χ2n) is 10.2. The van der Waals surface area contributed by atoms with Gasteiger partial charge in [-0.05, 0) is 92.2 Å². The first-order valence-corrected chi connectivity index (χ1v) is 14.3. The maximum absolute atomic E-state index is 12.7. The largest absolute Gasteiger partial charge is 0.497 e. The standard InChI is InChI=1S/C35H30N4O8/c1-23-7-8-24(2)38(23)27-12-16-29(17-13-27)45-22-30-18-19-32(46-30)35(41)37-36-21-26-5-4-6-31(39(42)43)34(26)47-33(40)20-11-25-9-14-28(44-3)15-10-25/h4-21H,22H2,1-3H3,(H,37,41)/b20-11+,36-21+. The molecule has 5 rings (SSSR count). The lowest BCUT2D eigenvalue weighted by Gasteiger charge is -2.10. The van der Waals surface area contributed by atoms with Gasteiger partial charge in [0.15, 0.2) is 5.76 Å². The van der Waals surface area contributed by atoms with Crippen LogP contribution in [0.3, 0.4) is 0 Å². The summed E-state index contributed by atoms with van der Waals surface area (Å²) in [7, 11) is 1.54. The van der Waals surface area contributed by atoms with Gasteiger partial charge in [-0.15, -0.1) is 0 Å². The van der Waals surface area contributed by atoms with Gasteiger partial charge in [0.05, 0.1) is 18.2 Å². The van der Waals surface area contributed by atoms with Gasteiger partial charge < -0.3 is 23.2 Å². The first-order valence-electron chi connectivity index (χ1n) is 14.3. The number of hydrogen-bond donors (Lipinski definition) is 1. The topological polar surface area (TPSA) is 147 Å². The molecule has 0 fully saturated rings. The predicted molar refractivity (Wildman–Crippen MR) is 174 cm³/mol. The highest BCUT2D eigenvalue weighted by atomic mass is 16.6. The molecule has 1 amide bonds. The van der Waals surface area contributed by atoms with E-state index in [1.54, 1.807) is 37.4 Å². The zero-order valence-electron chi connectivity index (χ0n) is 25.7. The molecule has 3 aromatic carbocycles. The monoisotopic (exact) mass is 634 g/mol. The number of esters is 1. The highest BCUT2D eigenvalue weighted by Gasteiger charge is 2.21. The molecule has 5 aromatic rings. The Morgan fingerprint density at radius 2 is 1.64 bits per heavy atom. The van der Waals surface area contributed by atoms with Crippen molar-refractivity contribution in [3.8, 4) is 22.9 Å². The molecule has 238 valence electrons. The predicted octanol–water partition coefficient (Wildman–Crippen LogP) is 6.57. The van der Waals surface area contributed by atoms with Crippen LogP contribution in [0.25, 0.3) is 11.8 Å². The van der Waals surface area contributed by atoms with E-state index in [0.717, 1.165) is 29.4 Å². The molecule has 0 bridgehead atoms. The summed E-state index contributed by atoms with van der Waals surface area (Å²) >= 11 is 0. The minimum atomic E-state index is -0.846. The van der Waals surface area contributed by atoms with Crippen LogP contribution in [0, 0.1) is 24.0 Å². The number of furan rings is 1. The van der Waals surface area contributed by atoms with Gasteiger partial charge in [-0.3, -0.25) is 14.9 Å². The summed E-state index contributed by atoms with van der Waals surface area (Å²) in [6, 6.07) is 25.8. The molecule has 0 aliphatic carbocycles. The summed E-state index contributed by atoms with van der Waals surface area (Å²) in [5.41, 5.74) is 5.91. The number of hydrazone groups is 1. The van der Waals surface area contributed by atoms with Gasteiger partial charge in [-0.1, -0.05) is 18.2 Å². The van der Waals surface area contributed by atoms with Crippen molar-refractivity contribution < 1.29 is 33.1 Å². The van der Waals surface area contributed by atoms with Crippen LogP contribution in [0.15, 0.2) is 107 Å². The number of carbonyl (C=O) groups excluding carboxylic acids is 2. The third kappa shape index (κ3) is 8.00. The summed E-state index contributed by atoms with van der Waals surface area (Å²) in [5, 5.41) is 15.5. The van der Waals surface area contributed by atoms with E-state index < -0.39 is 22.5 Å². The van der Waals surface area contributed by atoms with E-state index in [-0.39, 0.29) is 23.7 Å². The molecule has 0 saturated heterocycles. The summed E-state index contributed by atoms with van der Waals surface area (Å²) in [6.45, 7) is 4.17. The van der Waals surface area contributed by atoms with Gasteiger partial charge in [0.2, 0.25) is 5.75 Å². The van der Waals surface area contributed by atoms with Crippen molar-refractivity contribution in [3.05, 3.63) is 141 Å². The van der Waals surface area contributed by atoms with Crippen LogP contribution in [0.1, 0.15) is 38.8 Å². The number of hydrogen-bond acceptors (Lipinski definition) is 9. The van der Waals surface area contributed by atoms with Crippen molar-refractivity contribution in [3.63, 3.8) is 0 Å². The SMILES string of the molecule is COc1ccc(/C=C/C(=O)Oc2c(/C=N/NC(=O)c3ccc(COc4ccc(-n5c(C)ccc5C)cc4)o3)cccc2[N+](=O)[O-])cc1. The van der Waals surface area contributed by atoms with E-state index in [2.05, 4.69) is 27.2 Å². The summed E-state index contributed by atoms with van der Waals surface area (Å²) in [4.78, 5) is 36.2. The quantitative estimate of drug-likeness (QED) is 0.0405. The zero-order valence-corrected chi connectivity index (χ0v) is 25.7. The molecule has 2 heterocycles. The van der Waals surface area contributed by atoms with E-state index in [4.69, 9.17) is 18.6 Å². The molecular weight excluding hydrogens is 604 g/mol. The molecule has 0 aliphatic heterocycles. The van der Waals surface area contributed by atoms with Crippen molar-refractivity contribution in [1.29, 1.82) is 0 Å². The molecule has 1 N–H and O–H groups in total. The fourth-order valence-corrected chi connectivity index (χ4v) is 4.63. The van der Waals surface area contributed by atoms with Crippen LogP contribution in [-0.2, 0) is 11.4 Å². The minimum absolute atomic E-state index is 0.0241. The lowest BCUT2D eigenvalue weighted by atomic mass is 10.2. The van der Waals surface area contributed by atoms with Gasteiger partial charge in [0.25, 0.3) is 0 Å². The van der Waals surface area contributed by atoms with Gasteiger partial charge >= 0.3 is 17.6 Å². The van der Waals surface area contributed by atoms with Gasteiger partial charge in [0.1, 0.15) is 23.9 Å². The second-order valence-corrected chi connectivity index (χ2v) is 10.2. The number of aromatic nitrogens is 1. The first-order chi connectivity index (χ1) is 22.7. The molecule has 12 heteroatoms. The van der Waals surface area contributed by atoms with Crippen LogP contribution in [0.2, 0.25) is 0 Å². The number of nitro groups is 1. The van der Waals surface area contributed by atoms with Crippen molar-refractivity contribution in [2.24, 2.45) is 5.10 Å². The normalized spacial score (nSPS) is 11.1. The number of methoxy groups -OCH3 is 1. The number of carbonyl (C=O) groups is 2. The molecule has 0 spiro atoms. The van der Waals surface area contributed by atoms with Crippen LogP contribution < -0.4 is 19.6 Å². The third-order valence-electron chi connectivity index (χ3n) is 6.95. The van der Waals surface area contributed by atoms with Crippen molar-refractivity contribution in [2.45, 2.75) is 20.5 Å². The summed E-state index contributed by atoms with van der Waals surface area (Å²) < 4.78 is 24.0. The average molecular weight is 635 g/mol. The fraction of sp³-hybridized carbons (Fsp3) is 0.114. The Hall–Kier alpha value is -6.43. The number of amides is 1. The Labute approximate surface area is 269 Å². The van der Waals surface area contributed by atoms with E-state index in [1.807, 2.05) is 38.1 Å². The number of nitrogens with one attached hydrogen (secondary N) is 1. The lowest BCUT2D eigenvalue weighted by molar-refractivity contribution is -0.385. The van der Waals surface area contributed by atoms with E-state index in [9.17, 15) is 19.7 Å². The Morgan fingerprint density at radius 3 is 2.32 bits per heavy atom. The van der Waals surface area contributed by atoms with Gasteiger partial charge in [-0.2, -0.15) is 5.10 Å². The minimum Gasteiger partial charge on any atom is -0.497 e. The lowest BCUT2D eigenvalue weighted by Crippen LogP contribution is -2.17. The number of benzene rings is 3. The number of para-hydroxylation sites is 1. The van der Waals surface area contributed by atoms with Crippen LogP contribution in [-0.4, -0.2) is 34.7 Å². The molecule has 0 saturated carbocycles. The number of rotatable bonds is 12. The smallest absolute Gasteiger partial charge is 0.336 e. The van der Waals surface area contributed by atoms with Crippen molar-refractivity contribution >= 4 is 29.9 Å². The maximum atomic E-state index is 12.7. The molecular formula is C35H30N4O8. The molecule has 47 heavy (non-hydrogen) atoms. The first kappa shape index (κ1) is 32.0. The molecule has 0 unspecified atom stereocenters. The number of aryl methyl sites for hydroxylation is 2. The van der Waals surface area contributed by atoms with Crippen LogP contribution in [0.4, 0.5) is 5.69 Å². The molecule has 0 aliphatic rings. The zero-order chi connectivity index (χ0) is 33.3. The maximum Gasteiger partial charge on any atom is 0.336 e. The summed E-state index contributed by atoms with van der Waals surface area (Å²) in [6.07, 6.45) is 3.77. The number of nitro benzene ring substituents is 1. The average Bonchev–Trinajstić information content (AvgIpc) is 3.69. The Kier molecular flexibility index (Phi) is 9.91. The highest BCUT2D eigenvalue weighted by Crippen LogP contribution is 2.30. The Bertz CT molecular complexity index is 1930. The van der Waals surface area contributed by atoms with E-state index in [0.29, 0.717) is 22.8 Å². The highest BCUT2D eigenvalue weighted by molar-refractivity contribution is 5.95. The molecule has 2 aromatic heterocycles. The van der Waals surface area contributed by atoms with Crippen molar-refractivity contribution in [1.82, 2.24) is 9.99 Å². The fourth-order valence-electron chi connectivity index (χ4n) is 4.63. The van der Waals surface area contributed by atoms with Gasteiger partial charge in [-0.25, -0.2) is 10.2 Å². The van der Waals surface area contributed by atoms with Crippen molar-refractivity contribution in [2.75, 3.05) is 7.11 Å². The Morgan fingerprint density at radius 1 is 0.936 bits per heavy atom. The van der Waals surface area contributed by atoms with Crippen LogP contribution in [0.5, 0.6) is 17.2 Å². The molecule has 0 radical (unpaired) electrons.